The first kappa shape index (κ1) is 12.1. The number of aromatic nitrogens is 2. The van der Waals surface area contributed by atoms with Crippen LogP contribution in [-0.4, -0.2) is 23.3 Å². The summed E-state index contributed by atoms with van der Waals surface area (Å²) in [4.78, 5) is 11.7. The van der Waals surface area contributed by atoms with E-state index in [4.69, 9.17) is 4.74 Å². The van der Waals surface area contributed by atoms with E-state index in [1.807, 2.05) is 22.9 Å². The quantitative estimate of drug-likeness (QED) is 0.629. The summed E-state index contributed by atoms with van der Waals surface area (Å²) < 4.78 is 4.81. The number of hydrogen-bond acceptors (Lipinski definition) is 6. The molecular weight excluding hydrogens is 256 g/mol. The maximum atomic E-state index is 11.7. The van der Waals surface area contributed by atoms with Crippen molar-refractivity contribution in [2.75, 3.05) is 7.11 Å². The van der Waals surface area contributed by atoms with Gasteiger partial charge in [0.15, 0.2) is 0 Å². The molecule has 0 spiro atoms. The van der Waals surface area contributed by atoms with Gasteiger partial charge in [-0.3, -0.25) is 4.79 Å². The average molecular weight is 266 g/mol. The lowest BCUT2D eigenvalue weighted by Crippen LogP contribution is -2.10. The number of esters is 1. The van der Waals surface area contributed by atoms with Gasteiger partial charge in [0.25, 0.3) is 0 Å². The van der Waals surface area contributed by atoms with Gasteiger partial charge in [-0.1, -0.05) is 11.8 Å². The van der Waals surface area contributed by atoms with Crippen molar-refractivity contribution in [1.82, 2.24) is 10.2 Å². The molecule has 1 unspecified atom stereocenters. The predicted molar refractivity (Wildman–Crippen MR) is 67.0 cm³/mol. The van der Waals surface area contributed by atoms with E-state index in [0.717, 1.165) is 5.56 Å². The summed E-state index contributed by atoms with van der Waals surface area (Å²) in [6.07, 6.45) is 1.60. The number of thiophene rings is 1. The van der Waals surface area contributed by atoms with Crippen LogP contribution in [0, 0.1) is 0 Å². The standard InChI is InChI=1S/C11H10N2O2S2/c1-15-11(14)10(8-4-6-16-7-8)17-9-3-2-5-12-13-9/h2-7,10H,1H3. The highest BCUT2D eigenvalue weighted by Gasteiger charge is 2.23. The molecule has 6 heteroatoms. The largest absolute Gasteiger partial charge is 0.468 e. The van der Waals surface area contributed by atoms with Crippen LogP contribution in [0.4, 0.5) is 0 Å². The molecule has 0 amide bonds. The summed E-state index contributed by atoms with van der Waals surface area (Å²) in [7, 11) is 1.39. The molecule has 2 heterocycles. The normalized spacial score (nSPS) is 12.1. The molecule has 0 N–H and O–H groups in total. The van der Waals surface area contributed by atoms with E-state index in [1.165, 1.54) is 18.9 Å². The van der Waals surface area contributed by atoms with Crippen molar-refractivity contribution in [3.8, 4) is 0 Å². The highest BCUT2D eigenvalue weighted by Crippen LogP contribution is 2.35. The zero-order valence-corrected chi connectivity index (χ0v) is 10.7. The highest BCUT2D eigenvalue weighted by molar-refractivity contribution is 8.00. The van der Waals surface area contributed by atoms with Crippen molar-refractivity contribution in [3.05, 3.63) is 40.7 Å². The van der Waals surface area contributed by atoms with Gasteiger partial charge in [0.2, 0.25) is 0 Å². The molecule has 0 bridgehead atoms. The maximum absolute atomic E-state index is 11.7. The third-order valence-corrected chi connectivity index (χ3v) is 3.91. The second-order valence-corrected chi connectivity index (χ2v) is 5.05. The summed E-state index contributed by atoms with van der Waals surface area (Å²) in [5, 5.41) is 11.9. The Labute approximate surface area is 107 Å². The number of carbonyl (C=O) groups excluding carboxylic acids is 1. The van der Waals surface area contributed by atoms with E-state index in [9.17, 15) is 4.79 Å². The number of hydrogen-bond donors (Lipinski definition) is 0. The molecule has 0 fully saturated rings. The third kappa shape index (κ3) is 3.04. The van der Waals surface area contributed by atoms with Crippen LogP contribution < -0.4 is 0 Å². The summed E-state index contributed by atoms with van der Waals surface area (Å²) >= 11 is 2.89. The minimum absolute atomic E-state index is 0.279. The van der Waals surface area contributed by atoms with E-state index in [2.05, 4.69) is 10.2 Å². The predicted octanol–water partition coefficient (Wildman–Crippen LogP) is 2.54. The summed E-state index contributed by atoms with van der Waals surface area (Å²) in [5.41, 5.74) is 0.928. The van der Waals surface area contributed by atoms with Gasteiger partial charge in [0.05, 0.1) is 7.11 Å². The maximum Gasteiger partial charge on any atom is 0.323 e. The first-order valence-corrected chi connectivity index (χ1v) is 6.68. The number of thioether (sulfide) groups is 1. The molecule has 88 valence electrons. The van der Waals surface area contributed by atoms with Crippen LogP contribution in [0.3, 0.4) is 0 Å². The molecule has 2 aromatic rings. The summed E-state index contributed by atoms with van der Waals surface area (Å²) in [6, 6.07) is 5.52. The van der Waals surface area contributed by atoms with Crippen molar-refractivity contribution < 1.29 is 9.53 Å². The van der Waals surface area contributed by atoms with Gasteiger partial charge in [0, 0.05) is 6.20 Å². The van der Waals surface area contributed by atoms with Gasteiger partial charge in [-0.25, -0.2) is 0 Å². The molecule has 2 aromatic heterocycles. The van der Waals surface area contributed by atoms with Gasteiger partial charge in [-0.2, -0.15) is 16.4 Å². The van der Waals surface area contributed by atoms with Crippen LogP contribution in [0.15, 0.2) is 40.2 Å². The number of methoxy groups -OCH3 is 1. The lowest BCUT2D eigenvalue weighted by Gasteiger charge is -2.11. The molecule has 0 saturated carbocycles. The Kier molecular flexibility index (Phi) is 4.11. The molecule has 0 aliphatic rings. The van der Waals surface area contributed by atoms with Crippen LogP contribution in [-0.2, 0) is 9.53 Å². The van der Waals surface area contributed by atoms with Crippen LogP contribution in [0.1, 0.15) is 10.8 Å². The molecule has 0 radical (unpaired) electrons. The Morgan fingerprint density at radius 1 is 1.53 bits per heavy atom. The Bertz CT molecular complexity index is 473. The van der Waals surface area contributed by atoms with Crippen molar-refractivity contribution >= 4 is 29.1 Å². The molecule has 0 aliphatic heterocycles. The van der Waals surface area contributed by atoms with E-state index < -0.39 is 0 Å². The number of carbonyl (C=O) groups is 1. The number of rotatable bonds is 4. The fraction of sp³-hybridized carbons (Fsp3) is 0.182. The first-order chi connectivity index (χ1) is 8.31. The Morgan fingerprint density at radius 2 is 2.41 bits per heavy atom. The van der Waals surface area contributed by atoms with Crippen molar-refractivity contribution in [1.29, 1.82) is 0 Å². The van der Waals surface area contributed by atoms with E-state index in [-0.39, 0.29) is 11.2 Å². The molecule has 0 saturated heterocycles. The van der Waals surface area contributed by atoms with Gasteiger partial charge in [-0.15, -0.1) is 5.10 Å². The minimum atomic E-state index is -0.386. The number of nitrogens with zero attached hydrogens (tertiary/aromatic N) is 2. The lowest BCUT2D eigenvalue weighted by molar-refractivity contribution is -0.140. The fourth-order valence-electron chi connectivity index (χ4n) is 1.25. The lowest BCUT2D eigenvalue weighted by atomic mass is 10.2. The second kappa shape index (κ2) is 5.79. The van der Waals surface area contributed by atoms with Crippen molar-refractivity contribution in [2.45, 2.75) is 10.3 Å². The Hall–Kier alpha value is -1.40. The monoisotopic (exact) mass is 266 g/mol. The molecule has 4 nitrogen and oxygen atoms in total. The van der Waals surface area contributed by atoms with Gasteiger partial charge in [-0.05, 0) is 34.5 Å². The zero-order chi connectivity index (χ0) is 12.1. The second-order valence-electron chi connectivity index (χ2n) is 3.14. The van der Waals surface area contributed by atoms with E-state index in [0.29, 0.717) is 5.03 Å². The smallest absolute Gasteiger partial charge is 0.323 e. The fourth-order valence-corrected chi connectivity index (χ4v) is 2.99. The third-order valence-electron chi connectivity index (χ3n) is 2.05. The van der Waals surface area contributed by atoms with E-state index >= 15 is 0 Å². The minimum Gasteiger partial charge on any atom is -0.468 e. The highest BCUT2D eigenvalue weighted by atomic mass is 32.2. The van der Waals surface area contributed by atoms with Crippen molar-refractivity contribution in [2.24, 2.45) is 0 Å². The molecular formula is C11H10N2O2S2. The Balaban J connectivity index is 2.20. The first-order valence-electron chi connectivity index (χ1n) is 4.85. The summed E-state index contributed by atoms with van der Waals surface area (Å²) in [6.45, 7) is 0. The Morgan fingerprint density at radius 3 is 3.00 bits per heavy atom. The number of ether oxygens (including phenoxy) is 1. The molecule has 17 heavy (non-hydrogen) atoms. The molecule has 2 rings (SSSR count). The molecule has 0 aromatic carbocycles. The van der Waals surface area contributed by atoms with Gasteiger partial charge >= 0.3 is 5.97 Å². The van der Waals surface area contributed by atoms with Crippen LogP contribution in [0.2, 0.25) is 0 Å². The zero-order valence-electron chi connectivity index (χ0n) is 9.07. The van der Waals surface area contributed by atoms with E-state index in [1.54, 1.807) is 23.6 Å². The van der Waals surface area contributed by atoms with Crippen LogP contribution in [0.25, 0.3) is 0 Å². The van der Waals surface area contributed by atoms with Gasteiger partial charge < -0.3 is 4.74 Å². The van der Waals surface area contributed by atoms with Crippen LogP contribution in [0.5, 0.6) is 0 Å². The van der Waals surface area contributed by atoms with Gasteiger partial charge in [0.1, 0.15) is 10.3 Å². The summed E-state index contributed by atoms with van der Waals surface area (Å²) in [5.74, 6) is -0.279. The van der Waals surface area contributed by atoms with Crippen molar-refractivity contribution in [3.63, 3.8) is 0 Å². The average Bonchev–Trinajstić information content (AvgIpc) is 2.90. The molecule has 1 atom stereocenters. The SMILES string of the molecule is COC(=O)C(Sc1cccnn1)c1ccsc1. The van der Waals surface area contributed by atoms with Crippen LogP contribution >= 0.6 is 23.1 Å². The topological polar surface area (TPSA) is 52.1 Å². The molecule has 0 aliphatic carbocycles.